The molecule has 1 heterocycles. The maximum Gasteiger partial charge on any atom is 0.0266 e. The zero-order valence-electron chi connectivity index (χ0n) is 12.5. The molecule has 2 nitrogen and oxygen atoms in total. The topological polar surface area (TPSA) is 38.0 Å². The van der Waals surface area contributed by atoms with Crippen molar-refractivity contribution in [1.29, 1.82) is 0 Å². The van der Waals surface area contributed by atoms with Crippen LogP contribution in [0.1, 0.15) is 45.2 Å². The van der Waals surface area contributed by atoms with Crippen LogP contribution in [-0.2, 0) is 0 Å². The first-order valence-electron chi connectivity index (χ1n) is 6.86. The van der Waals surface area contributed by atoms with Crippen LogP contribution in [-0.4, -0.2) is 13.1 Å². The minimum absolute atomic E-state index is 0.159. The first kappa shape index (κ1) is 17.7. The molecular weight excluding hydrogens is 232 g/mol. The Morgan fingerprint density at radius 2 is 1.79 bits per heavy atom. The molecule has 2 heteroatoms. The average Bonchev–Trinajstić information content (AvgIpc) is 2.42. The number of hydrogen-bond donors (Lipinski definition) is 2. The highest BCUT2D eigenvalue weighted by Gasteiger charge is 2.19. The molecule has 0 aromatic heterocycles. The molecule has 19 heavy (non-hydrogen) atoms. The van der Waals surface area contributed by atoms with E-state index in [2.05, 4.69) is 32.0 Å². The average molecular weight is 260 g/mol. The molecule has 0 aliphatic carbocycles. The molecule has 0 saturated carbocycles. The van der Waals surface area contributed by atoms with Gasteiger partial charge < -0.3 is 11.1 Å². The van der Waals surface area contributed by atoms with Crippen molar-refractivity contribution in [3.63, 3.8) is 0 Å². The van der Waals surface area contributed by atoms with E-state index >= 15 is 0 Å². The normalized spacial score (nSPS) is 18.0. The molecule has 0 bridgehead atoms. The van der Waals surface area contributed by atoms with Crippen molar-refractivity contribution in [3.8, 4) is 12.8 Å². The molecule has 1 aliphatic rings. The predicted molar refractivity (Wildman–Crippen MR) is 84.8 cm³/mol. The fraction of sp³-hybridized carbons (Fsp3) is 0.529. The van der Waals surface area contributed by atoms with Crippen LogP contribution < -0.4 is 11.1 Å². The molecule has 0 unspecified atom stereocenters. The molecule has 0 radical (unpaired) electrons. The summed E-state index contributed by atoms with van der Waals surface area (Å²) < 4.78 is 0. The molecule has 1 aromatic rings. The molecule has 106 valence electrons. The number of hydrogen-bond acceptors (Lipinski definition) is 2. The van der Waals surface area contributed by atoms with E-state index < -0.39 is 0 Å². The Morgan fingerprint density at radius 3 is 2.05 bits per heavy atom. The zero-order valence-corrected chi connectivity index (χ0v) is 12.5. The standard InChI is InChI=1S/C8H11N.C7H15N.C2H2/c1-7(9)8-5-3-2-4-6-8;1-7(2)4-3-5-8-6-7;1-2/h2-7H,9H2,1H3;8H,3-6H2,1-2H3;1-2H/t7-;;/m1../s1. The second kappa shape index (κ2) is 9.61. The lowest BCUT2D eigenvalue weighted by Crippen LogP contribution is -2.35. The number of nitrogens with two attached hydrogens (primary N) is 1. The highest BCUT2D eigenvalue weighted by atomic mass is 14.9. The molecule has 1 atom stereocenters. The predicted octanol–water partition coefficient (Wildman–Crippen LogP) is 3.35. The van der Waals surface area contributed by atoms with Crippen molar-refractivity contribution in [2.24, 2.45) is 11.1 Å². The van der Waals surface area contributed by atoms with Crippen molar-refractivity contribution in [3.05, 3.63) is 35.9 Å². The van der Waals surface area contributed by atoms with Crippen LogP contribution in [0, 0.1) is 18.3 Å². The zero-order chi connectivity index (χ0) is 14.7. The SMILES string of the molecule is C#C.CC1(C)CCCNC1.C[C@@H](N)c1ccccc1. The Labute approximate surface area is 118 Å². The minimum Gasteiger partial charge on any atom is -0.324 e. The smallest absolute Gasteiger partial charge is 0.0266 e. The third-order valence-corrected chi connectivity index (χ3v) is 3.14. The van der Waals surface area contributed by atoms with E-state index in [0.717, 1.165) is 0 Å². The summed E-state index contributed by atoms with van der Waals surface area (Å²) >= 11 is 0. The van der Waals surface area contributed by atoms with Gasteiger partial charge in [-0.05, 0) is 37.3 Å². The van der Waals surface area contributed by atoms with Crippen LogP contribution in [0.25, 0.3) is 0 Å². The van der Waals surface area contributed by atoms with Crippen LogP contribution in [0.2, 0.25) is 0 Å². The Hall–Kier alpha value is -1.30. The Kier molecular flexibility index (Phi) is 8.95. The molecule has 0 spiro atoms. The van der Waals surface area contributed by atoms with Gasteiger partial charge in [-0.3, -0.25) is 0 Å². The second-order valence-corrected chi connectivity index (χ2v) is 5.64. The van der Waals surface area contributed by atoms with Crippen molar-refractivity contribution >= 4 is 0 Å². The maximum absolute atomic E-state index is 5.61. The van der Waals surface area contributed by atoms with Crippen LogP contribution in [0.3, 0.4) is 0 Å². The van der Waals surface area contributed by atoms with Gasteiger partial charge in [-0.2, -0.15) is 0 Å². The van der Waals surface area contributed by atoms with Crippen molar-refractivity contribution in [1.82, 2.24) is 5.32 Å². The largest absolute Gasteiger partial charge is 0.324 e. The first-order valence-corrected chi connectivity index (χ1v) is 6.86. The molecular formula is C17H28N2. The number of terminal acetylenes is 1. The maximum atomic E-state index is 5.61. The van der Waals surface area contributed by atoms with Crippen LogP contribution in [0.15, 0.2) is 30.3 Å². The summed E-state index contributed by atoms with van der Waals surface area (Å²) in [4.78, 5) is 0. The third-order valence-electron chi connectivity index (χ3n) is 3.14. The number of nitrogens with one attached hydrogen (secondary N) is 1. The van der Waals surface area contributed by atoms with Gasteiger partial charge in [-0.15, -0.1) is 12.8 Å². The minimum atomic E-state index is 0.159. The fourth-order valence-electron chi connectivity index (χ4n) is 1.96. The molecule has 1 saturated heterocycles. The van der Waals surface area contributed by atoms with Gasteiger partial charge in [0, 0.05) is 12.6 Å². The summed E-state index contributed by atoms with van der Waals surface area (Å²) in [6.07, 6.45) is 10.7. The van der Waals surface area contributed by atoms with E-state index in [1.165, 1.54) is 31.5 Å². The fourth-order valence-corrected chi connectivity index (χ4v) is 1.96. The molecule has 3 N–H and O–H groups in total. The highest BCUT2D eigenvalue weighted by Crippen LogP contribution is 2.23. The lowest BCUT2D eigenvalue weighted by Gasteiger charge is -2.29. The van der Waals surface area contributed by atoms with Gasteiger partial charge in [0.2, 0.25) is 0 Å². The summed E-state index contributed by atoms with van der Waals surface area (Å²) in [5.41, 5.74) is 7.37. The number of benzene rings is 1. The van der Waals surface area contributed by atoms with E-state index in [1.807, 2.05) is 37.3 Å². The van der Waals surface area contributed by atoms with Crippen LogP contribution >= 0.6 is 0 Å². The van der Waals surface area contributed by atoms with Gasteiger partial charge in [0.1, 0.15) is 0 Å². The Morgan fingerprint density at radius 1 is 1.21 bits per heavy atom. The van der Waals surface area contributed by atoms with Crippen molar-refractivity contribution < 1.29 is 0 Å². The van der Waals surface area contributed by atoms with E-state index in [1.54, 1.807) is 0 Å². The van der Waals surface area contributed by atoms with E-state index in [9.17, 15) is 0 Å². The van der Waals surface area contributed by atoms with E-state index in [-0.39, 0.29) is 6.04 Å². The van der Waals surface area contributed by atoms with Gasteiger partial charge >= 0.3 is 0 Å². The van der Waals surface area contributed by atoms with Crippen molar-refractivity contribution in [2.75, 3.05) is 13.1 Å². The molecule has 2 rings (SSSR count). The van der Waals surface area contributed by atoms with Gasteiger partial charge in [-0.1, -0.05) is 44.2 Å². The Balaban J connectivity index is 0.000000303. The summed E-state index contributed by atoms with van der Waals surface area (Å²) in [5, 5.41) is 3.38. The molecule has 1 aliphatic heterocycles. The quantitative estimate of drug-likeness (QED) is 0.760. The molecule has 1 fully saturated rings. The van der Waals surface area contributed by atoms with Crippen LogP contribution in [0.4, 0.5) is 0 Å². The van der Waals surface area contributed by atoms with Gasteiger partial charge in [0.25, 0.3) is 0 Å². The second-order valence-electron chi connectivity index (χ2n) is 5.64. The van der Waals surface area contributed by atoms with E-state index in [0.29, 0.717) is 5.41 Å². The first-order chi connectivity index (χ1) is 9.01. The third kappa shape index (κ3) is 8.42. The van der Waals surface area contributed by atoms with Gasteiger partial charge in [0.05, 0.1) is 0 Å². The summed E-state index contributed by atoms with van der Waals surface area (Å²) in [7, 11) is 0. The molecule has 1 aromatic carbocycles. The monoisotopic (exact) mass is 260 g/mol. The highest BCUT2D eigenvalue weighted by molar-refractivity contribution is 5.17. The van der Waals surface area contributed by atoms with Crippen molar-refractivity contribution in [2.45, 2.75) is 39.7 Å². The number of rotatable bonds is 1. The summed E-state index contributed by atoms with van der Waals surface area (Å²) in [6.45, 7) is 9.05. The van der Waals surface area contributed by atoms with Gasteiger partial charge in [-0.25, -0.2) is 0 Å². The summed E-state index contributed by atoms with van der Waals surface area (Å²) in [5.74, 6) is 0. The molecule has 0 amide bonds. The van der Waals surface area contributed by atoms with E-state index in [4.69, 9.17) is 5.73 Å². The van der Waals surface area contributed by atoms with Crippen LogP contribution in [0.5, 0.6) is 0 Å². The Bertz CT molecular complexity index is 331. The van der Waals surface area contributed by atoms with Gasteiger partial charge in [0.15, 0.2) is 0 Å². The lowest BCUT2D eigenvalue weighted by molar-refractivity contribution is 0.265. The summed E-state index contributed by atoms with van der Waals surface area (Å²) in [6, 6.07) is 10.2. The lowest BCUT2D eigenvalue weighted by atomic mass is 9.85. The number of piperidine rings is 1.